The minimum Gasteiger partial charge on any atom is -0.361 e. The molecular weight excluding hydrogens is 460 g/mol. The number of amides is 2. The molecule has 2 aliphatic heterocycles. The number of hydrogen-bond donors (Lipinski definition) is 0. The molecule has 0 radical (unpaired) electrons. The van der Waals surface area contributed by atoms with Gasteiger partial charge in [-0.3, -0.25) is 14.5 Å². The van der Waals surface area contributed by atoms with Gasteiger partial charge >= 0.3 is 0 Å². The molecule has 2 aliphatic rings. The normalized spacial score (nSPS) is 17.8. The number of hydrogen-bond acceptors (Lipinski definition) is 8. The van der Waals surface area contributed by atoms with Crippen molar-refractivity contribution in [2.24, 2.45) is 5.92 Å². The summed E-state index contributed by atoms with van der Waals surface area (Å²) in [6.07, 6.45) is 2.32. The minimum atomic E-state index is -0.0220. The van der Waals surface area contributed by atoms with Gasteiger partial charge in [-0.25, -0.2) is 0 Å². The number of aryl methyl sites for hydroxylation is 2. The molecule has 2 fully saturated rings. The lowest BCUT2D eigenvalue weighted by Crippen LogP contribution is -2.45. The largest absolute Gasteiger partial charge is 0.361 e. The van der Waals surface area contributed by atoms with Gasteiger partial charge in [-0.2, -0.15) is 4.98 Å². The van der Waals surface area contributed by atoms with Crippen LogP contribution in [0.4, 0.5) is 0 Å². The number of rotatable bonds is 5. The second-order valence-corrected chi connectivity index (χ2v) is 9.60. The molecule has 0 atom stereocenters. The predicted octanol–water partition coefficient (Wildman–Crippen LogP) is 2.93. The molecule has 10 nitrogen and oxygen atoms in total. The summed E-state index contributed by atoms with van der Waals surface area (Å²) in [4.78, 5) is 36.6. The van der Waals surface area contributed by atoms with Gasteiger partial charge in [-0.15, -0.1) is 0 Å². The first-order valence-corrected chi connectivity index (χ1v) is 12.6. The zero-order chi connectivity index (χ0) is 25.1. The fourth-order valence-electron chi connectivity index (χ4n) is 5.11. The quantitative estimate of drug-likeness (QED) is 0.535. The predicted molar refractivity (Wildman–Crippen MR) is 131 cm³/mol. The molecule has 5 rings (SSSR count). The van der Waals surface area contributed by atoms with Crippen molar-refractivity contribution in [1.82, 2.24) is 30.0 Å². The molecule has 0 saturated carbocycles. The van der Waals surface area contributed by atoms with Crippen LogP contribution in [0.15, 0.2) is 39.4 Å². The van der Waals surface area contributed by atoms with Crippen LogP contribution in [0, 0.1) is 19.8 Å². The summed E-state index contributed by atoms with van der Waals surface area (Å²) in [5.74, 6) is 1.92. The van der Waals surface area contributed by atoms with E-state index in [1.165, 1.54) is 0 Å². The maximum absolute atomic E-state index is 13.3. The third-order valence-corrected chi connectivity index (χ3v) is 7.13. The molecule has 36 heavy (non-hydrogen) atoms. The van der Waals surface area contributed by atoms with Crippen molar-refractivity contribution >= 4 is 11.8 Å². The lowest BCUT2D eigenvalue weighted by molar-refractivity contribution is -0.136. The van der Waals surface area contributed by atoms with E-state index in [2.05, 4.69) is 20.2 Å². The Balaban J connectivity index is 1.12. The first kappa shape index (κ1) is 24.2. The Kier molecular flexibility index (Phi) is 7.13. The summed E-state index contributed by atoms with van der Waals surface area (Å²) in [5, 5.41) is 8.09. The number of nitrogens with zero attached hydrogens (tertiary/aromatic N) is 6. The van der Waals surface area contributed by atoms with E-state index in [1.807, 2.05) is 54.0 Å². The summed E-state index contributed by atoms with van der Waals surface area (Å²) in [6, 6.07) is 9.35. The summed E-state index contributed by atoms with van der Waals surface area (Å²) in [5.41, 5.74) is 2.18. The van der Waals surface area contributed by atoms with Crippen molar-refractivity contribution in [1.29, 1.82) is 0 Å². The Labute approximate surface area is 210 Å². The lowest BCUT2D eigenvalue weighted by atomic mass is 9.94. The molecule has 4 heterocycles. The van der Waals surface area contributed by atoms with Crippen LogP contribution in [0.5, 0.6) is 0 Å². The van der Waals surface area contributed by atoms with Crippen molar-refractivity contribution in [3.8, 4) is 11.5 Å². The van der Waals surface area contributed by atoms with Gasteiger partial charge in [0.2, 0.25) is 5.91 Å². The molecule has 1 aromatic carbocycles. The van der Waals surface area contributed by atoms with Crippen molar-refractivity contribution in [3.63, 3.8) is 0 Å². The van der Waals surface area contributed by atoms with Gasteiger partial charge in [0.25, 0.3) is 11.8 Å². The van der Waals surface area contributed by atoms with Crippen LogP contribution in [0.2, 0.25) is 0 Å². The Bertz CT molecular complexity index is 1180. The van der Waals surface area contributed by atoms with E-state index in [1.54, 1.807) is 0 Å². The van der Waals surface area contributed by atoms with E-state index in [0.29, 0.717) is 62.1 Å². The average molecular weight is 493 g/mol. The van der Waals surface area contributed by atoms with Gasteiger partial charge in [-0.1, -0.05) is 28.5 Å². The van der Waals surface area contributed by atoms with Crippen LogP contribution in [0.3, 0.4) is 0 Å². The smallest absolute Gasteiger partial charge is 0.263 e. The van der Waals surface area contributed by atoms with Crippen molar-refractivity contribution in [2.75, 3.05) is 39.3 Å². The zero-order valence-corrected chi connectivity index (χ0v) is 20.9. The maximum atomic E-state index is 13.3. The molecule has 0 spiro atoms. The van der Waals surface area contributed by atoms with Crippen molar-refractivity contribution in [3.05, 3.63) is 53.2 Å². The third-order valence-electron chi connectivity index (χ3n) is 7.13. The monoisotopic (exact) mass is 492 g/mol. The van der Waals surface area contributed by atoms with Crippen LogP contribution in [0.1, 0.15) is 46.9 Å². The third kappa shape index (κ3) is 5.18. The van der Waals surface area contributed by atoms with E-state index in [-0.39, 0.29) is 17.7 Å². The fraction of sp³-hybridized carbons (Fsp3) is 0.500. The first-order valence-electron chi connectivity index (χ1n) is 12.6. The average Bonchev–Trinajstić information content (AvgIpc) is 3.41. The minimum absolute atomic E-state index is 0.0220. The first-order chi connectivity index (χ1) is 17.5. The molecule has 0 unspecified atom stereocenters. The standard InChI is InChI=1S/C26H32N6O4/c1-18-23(19(2)35-28-18)24-27-22(29-36-24)17-30-11-6-12-31(16-15-30)26(34)21-9-13-32(14-10-21)25(33)20-7-4-3-5-8-20/h3-5,7-8,21H,6,9-17H2,1-2H3. The van der Waals surface area contributed by atoms with Gasteiger partial charge in [-0.05, 0) is 45.2 Å². The van der Waals surface area contributed by atoms with E-state index < -0.39 is 0 Å². The number of benzene rings is 1. The summed E-state index contributed by atoms with van der Waals surface area (Å²) >= 11 is 0. The molecular formula is C26H32N6O4. The molecule has 2 amide bonds. The lowest BCUT2D eigenvalue weighted by Gasteiger charge is -2.34. The van der Waals surface area contributed by atoms with Crippen LogP contribution >= 0.6 is 0 Å². The molecule has 10 heteroatoms. The van der Waals surface area contributed by atoms with Crippen molar-refractivity contribution < 1.29 is 18.6 Å². The van der Waals surface area contributed by atoms with Crippen LogP contribution in [-0.4, -0.2) is 81.1 Å². The molecule has 2 saturated heterocycles. The van der Waals surface area contributed by atoms with E-state index in [9.17, 15) is 9.59 Å². The Morgan fingerprint density at radius 3 is 2.42 bits per heavy atom. The number of carbonyl (C=O) groups is 2. The highest BCUT2D eigenvalue weighted by Gasteiger charge is 2.31. The Morgan fingerprint density at radius 1 is 0.917 bits per heavy atom. The second kappa shape index (κ2) is 10.6. The highest BCUT2D eigenvalue weighted by atomic mass is 16.5. The van der Waals surface area contributed by atoms with Crippen LogP contribution in [-0.2, 0) is 11.3 Å². The molecule has 2 aromatic heterocycles. The van der Waals surface area contributed by atoms with Gasteiger partial charge in [0.15, 0.2) is 5.82 Å². The van der Waals surface area contributed by atoms with Crippen molar-refractivity contribution in [2.45, 2.75) is 39.7 Å². The molecule has 0 N–H and O–H groups in total. The number of aromatic nitrogens is 3. The van der Waals surface area contributed by atoms with Gasteiger partial charge < -0.3 is 18.8 Å². The van der Waals surface area contributed by atoms with Crippen LogP contribution < -0.4 is 0 Å². The van der Waals surface area contributed by atoms with E-state index in [0.717, 1.165) is 37.3 Å². The maximum Gasteiger partial charge on any atom is 0.263 e. The van der Waals surface area contributed by atoms with Gasteiger partial charge in [0.05, 0.1) is 12.2 Å². The SMILES string of the molecule is Cc1noc(C)c1-c1nc(CN2CCCN(C(=O)C3CCN(C(=O)c4ccccc4)CC3)CC2)no1. The highest BCUT2D eigenvalue weighted by molar-refractivity contribution is 5.94. The van der Waals surface area contributed by atoms with Gasteiger partial charge in [0, 0.05) is 50.7 Å². The summed E-state index contributed by atoms with van der Waals surface area (Å²) < 4.78 is 10.7. The number of piperidine rings is 1. The van der Waals surface area contributed by atoms with E-state index >= 15 is 0 Å². The van der Waals surface area contributed by atoms with Gasteiger partial charge in [0.1, 0.15) is 11.3 Å². The second-order valence-electron chi connectivity index (χ2n) is 9.60. The summed E-state index contributed by atoms with van der Waals surface area (Å²) in [7, 11) is 0. The highest BCUT2D eigenvalue weighted by Crippen LogP contribution is 2.26. The molecule has 0 aliphatic carbocycles. The zero-order valence-electron chi connectivity index (χ0n) is 20.9. The summed E-state index contributed by atoms with van der Waals surface area (Å²) in [6.45, 7) is 8.52. The number of carbonyl (C=O) groups excluding carboxylic acids is 2. The van der Waals surface area contributed by atoms with Crippen LogP contribution in [0.25, 0.3) is 11.5 Å². The Morgan fingerprint density at radius 2 is 1.69 bits per heavy atom. The molecule has 3 aromatic rings. The fourth-order valence-corrected chi connectivity index (χ4v) is 5.11. The number of likely N-dealkylation sites (tertiary alicyclic amines) is 1. The topological polar surface area (TPSA) is 109 Å². The molecule has 0 bridgehead atoms. The van der Waals surface area contributed by atoms with E-state index in [4.69, 9.17) is 9.05 Å². The molecule has 190 valence electrons. The Hall–Kier alpha value is -3.53.